The van der Waals surface area contributed by atoms with Gasteiger partial charge in [-0.2, -0.15) is 0 Å². The molecule has 2 aromatic rings. The molecule has 76 valence electrons. The quantitative estimate of drug-likeness (QED) is 0.704. The van der Waals surface area contributed by atoms with Gasteiger partial charge in [0.1, 0.15) is 0 Å². The topological polar surface area (TPSA) is 22.1 Å². The number of benzene rings is 1. The highest BCUT2D eigenvalue weighted by atomic mass is 16.5. The molecule has 2 heteroatoms. The predicted molar refractivity (Wildman–Crippen MR) is 60.3 cm³/mol. The summed E-state index contributed by atoms with van der Waals surface area (Å²) in [6.45, 7) is 0. The SMILES string of the molecule is COc1nc2c(c3ccccc13)CCC2. The number of methoxy groups -OCH3 is 1. The minimum atomic E-state index is 0.770. The van der Waals surface area contributed by atoms with Crippen molar-refractivity contribution in [1.29, 1.82) is 0 Å². The third kappa shape index (κ3) is 1.21. The first-order chi connectivity index (χ1) is 7.40. The normalized spacial score (nSPS) is 14.2. The van der Waals surface area contributed by atoms with Gasteiger partial charge in [-0.25, -0.2) is 4.98 Å². The molecule has 1 aromatic heterocycles. The lowest BCUT2D eigenvalue weighted by Gasteiger charge is -2.08. The van der Waals surface area contributed by atoms with E-state index >= 15 is 0 Å². The van der Waals surface area contributed by atoms with Crippen LogP contribution in [-0.2, 0) is 12.8 Å². The van der Waals surface area contributed by atoms with Crippen molar-refractivity contribution in [1.82, 2.24) is 4.98 Å². The molecule has 1 aromatic carbocycles. The Morgan fingerprint density at radius 2 is 1.93 bits per heavy atom. The van der Waals surface area contributed by atoms with Crippen LogP contribution in [0.5, 0.6) is 5.88 Å². The fourth-order valence-electron chi connectivity index (χ4n) is 2.41. The molecule has 15 heavy (non-hydrogen) atoms. The number of nitrogens with zero attached hydrogens (tertiary/aromatic N) is 1. The third-order valence-electron chi connectivity index (χ3n) is 3.10. The first-order valence-corrected chi connectivity index (χ1v) is 5.34. The van der Waals surface area contributed by atoms with Crippen molar-refractivity contribution >= 4 is 10.8 Å². The van der Waals surface area contributed by atoms with Crippen LogP contribution in [-0.4, -0.2) is 12.1 Å². The van der Waals surface area contributed by atoms with Crippen LogP contribution < -0.4 is 4.74 Å². The van der Waals surface area contributed by atoms with Gasteiger partial charge in [-0.05, 0) is 36.3 Å². The molecule has 0 spiro atoms. The molecule has 2 nitrogen and oxygen atoms in total. The third-order valence-corrected chi connectivity index (χ3v) is 3.10. The Bertz CT molecular complexity index is 519. The zero-order valence-electron chi connectivity index (χ0n) is 8.79. The zero-order chi connectivity index (χ0) is 10.3. The second-order valence-corrected chi connectivity index (χ2v) is 3.95. The first-order valence-electron chi connectivity index (χ1n) is 5.34. The molecule has 0 N–H and O–H groups in total. The lowest BCUT2D eigenvalue weighted by Crippen LogP contribution is -1.95. The summed E-state index contributed by atoms with van der Waals surface area (Å²) >= 11 is 0. The smallest absolute Gasteiger partial charge is 0.221 e. The molecule has 1 heterocycles. The van der Waals surface area contributed by atoms with E-state index in [1.165, 1.54) is 23.1 Å². The van der Waals surface area contributed by atoms with Gasteiger partial charge in [0.15, 0.2) is 0 Å². The van der Waals surface area contributed by atoms with Crippen LogP contribution in [0.1, 0.15) is 17.7 Å². The predicted octanol–water partition coefficient (Wildman–Crippen LogP) is 2.73. The van der Waals surface area contributed by atoms with Gasteiger partial charge in [0.25, 0.3) is 0 Å². The lowest BCUT2D eigenvalue weighted by molar-refractivity contribution is 0.402. The molecule has 0 fully saturated rings. The van der Waals surface area contributed by atoms with Gasteiger partial charge >= 0.3 is 0 Å². The highest BCUT2D eigenvalue weighted by molar-refractivity contribution is 5.90. The van der Waals surface area contributed by atoms with E-state index in [9.17, 15) is 0 Å². The second kappa shape index (κ2) is 3.23. The van der Waals surface area contributed by atoms with Crippen molar-refractivity contribution in [3.63, 3.8) is 0 Å². The van der Waals surface area contributed by atoms with Crippen molar-refractivity contribution in [2.75, 3.05) is 7.11 Å². The van der Waals surface area contributed by atoms with Crippen molar-refractivity contribution < 1.29 is 4.74 Å². The minimum Gasteiger partial charge on any atom is -0.481 e. The van der Waals surface area contributed by atoms with Gasteiger partial charge in [0.05, 0.1) is 7.11 Å². The number of aryl methyl sites for hydroxylation is 2. The van der Waals surface area contributed by atoms with Gasteiger partial charge in [0.2, 0.25) is 5.88 Å². The van der Waals surface area contributed by atoms with Crippen LogP contribution in [0.25, 0.3) is 10.8 Å². The van der Waals surface area contributed by atoms with Crippen molar-refractivity contribution in [3.05, 3.63) is 35.5 Å². The maximum atomic E-state index is 5.34. The van der Waals surface area contributed by atoms with Gasteiger partial charge in [-0.3, -0.25) is 0 Å². The zero-order valence-corrected chi connectivity index (χ0v) is 8.79. The van der Waals surface area contributed by atoms with E-state index in [0.717, 1.165) is 24.1 Å². The number of ether oxygens (including phenoxy) is 1. The number of hydrogen-bond donors (Lipinski definition) is 0. The first kappa shape index (κ1) is 8.72. The van der Waals surface area contributed by atoms with Gasteiger partial charge in [-0.1, -0.05) is 18.2 Å². The lowest BCUT2D eigenvalue weighted by atomic mass is 10.1. The molecule has 0 aliphatic heterocycles. The number of aromatic nitrogens is 1. The maximum Gasteiger partial charge on any atom is 0.221 e. The second-order valence-electron chi connectivity index (χ2n) is 3.95. The molecule has 0 saturated carbocycles. The average Bonchev–Trinajstić information content (AvgIpc) is 2.76. The largest absolute Gasteiger partial charge is 0.481 e. The molecule has 3 rings (SSSR count). The highest BCUT2D eigenvalue weighted by Crippen LogP contribution is 2.33. The molecule has 0 atom stereocenters. The Morgan fingerprint density at radius 3 is 2.73 bits per heavy atom. The Labute approximate surface area is 88.9 Å². The Balaban J connectivity index is 2.41. The fraction of sp³-hybridized carbons (Fsp3) is 0.308. The fourth-order valence-corrected chi connectivity index (χ4v) is 2.41. The minimum absolute atomic E-state index is 0.770. The molecular formula is C13H13NO. The van der Waals surface area contributed by atoms with Crippen LogP contribution in [0.4, 0.5) is 0 Å². The van der Waals surface area contributed by atoms with E-state index in [4.69, 9.17) is 4.74 Å². The van der Waals surface area contributed by atoms with Crippen LogP contribution >= 0.6 is 0 Å². The Morgan fingerprint density at radius 1 is 1.13 bits per heavy atom. The maximum absolute atomic E-state index is 5.34. The number of fused-ring (bicyclic) bond motifs is 3. The summed E-state index contributed by atoms with van der Waals surface area (Å²) < 4.78 is 5.34. The standard InChI is InChI=1S/C13H13NO/c1-15-13-11-6-3-2-5-9(11)10-7-4-8-12(10)14-13/h2-3,5-6H,4,7-8H2,1H3. The van der Waals surface area contributed by atoms with E-state index in [1.807, 2.05) is 6.07 Å². The molecule has 0 bridgehead atoms. The molecule has 0 saturated heterocycles. The molecule has 0 amide bonds. The monoisotopic (exact) mass is 199 g/mol. The number of rotatable bonds is 1. The summed E-state index contributed by atoms with van der Waals surface area (Å²) in [6.07, 6.45) is 3.48. The van der Waals surface area contributed by atoms with Crippen molar-refractivity contribution in [2.24, 2.45) is 0 Å². The Hall–Kier alpha value is -1.57. The van der Waals surface area contributed by atoms with Crippen molar-refractivity contribution in [3.8, 4) is 5.88 Å². The van der Waals surface area contributed by atoms with E-state index < -0.39 is 0 Å². The van der Waals surface area contributed by atoms with E-state index in [0.29, 0.717) is 0 Å². The van der Waals surface area contributed by atoms with E-state index in [1.54, 1.807) is 7.11 Å². The molecule has 0 radical (unpaired) electrons. The van der Waals surface area contributed by atoms with Crippen LogP contribution in [0, 0.1) is 0 Å². The summed E-state index contributed by atoms with van der Waals surface area (Å²) in [4.78, 5) is 4.58. The van der Waals surface area contributed by atoms with Crippen LogP contribution in [0.3, 0.4) is 0 Å². The Kier molecular flexibility index (Phi) is 1.88. The van der Waals surface area contributed by atoms with Crippen LogP contribution in [0.15, 0.2) is 24.3 Å². The van der Waals surface area contributed by atoms with Crippen molar-refractivity contribution in [2.45, 2.75) is 19.3 Å². The number of pyridine rings is 1. The summed E-state index contributed by atoms with van der Waals surface area (Å²) in [5.41, 5.74) is 2.65. The van der Waals surface area contributed by atoms with Gasteiger partial charge in [-0.15, -0.1) is 0 Å². The summed E-state index contributed by atoms with van der Waals surface area (Å²) in [6, 6.07) is 8.37. The number of hydrogen-bond acceptors (Lipinski definition) is 2. The molecule has 0 unspecified atom stereocenters. The average molecular weight is 199 g/mol. The van der Waals surface area contributed by atoms with Gasteiger partial charge in [0, 0.05) is 11.1 Å². The summed E-state index contributed by atoms with van der Waals surface area (Å²) in [5, 5.41) is 2.46. The molecule has 1 aliphatic rings. The summed E-state index contributed by atoms with van der Waals surface area (Å²) in [5.74, 6) is 0.770. The van der Waals surface area contributed by atoms with Crippen LogP contribution in [0.2, 0.25) is 0 Å². The van der Waals surface area contributed by atoms with Gasteiger partial charge < -0.3 is 4.74 Å². The summed E-state index contributed by atoms with van der Waals surface area (Å²) in [7, 11) is 1.69. The van der Waals surface area contributed by atoms with E-state index in [-0.39, 0.29) is 0 Å². The highest BCUT2D eigenvalue weighted by Gasteiger charge is 2.17. The molecule has 1 aliphatic carbocycles. The van der Waals surface area contributed by atoms with E-state index in [2.05, 4.69) is 23.2 Å². The molecular weight excluding hydrogens is 186 g/mol.